The molecular formula is C21H26N4O3. The molecule has 2 aliphatic heterocycles. The van der Waals surface area contributed by atoms with E-state index in [2.05, 4.69) is 0 Å². The minimum atomic E-state index is -0.218. The second-order valence-electron chi connectivity index (χ2n) is 7.72. The summed E-state index contributed by atoms with van der Waals surface area (Å²) in [5.41, 5.74) is 2.07. The van der Waals surface area contributed by atoms with Crippen LogP contribution in [-0.2, 0) is 24.8 Å². The molecule has 1 aromatic carbocycles. The van der Waals surface area contributed by atoms with Crippen molar-refractivity contribution >= 4 is 17.5 Å². The first-order valence-electron chi connectivity index (χ1n) is 9.89. The van der Waals surface area contributed by atoms with Gasteiger partial charge in [0, 0.05) is 39.4 Å². The van der Waals surface area contributed by atoms with Gasteiger partial charge in [0.05, 0.1) is 11.6 Å². The number of hydrogen-bond donors (Lipinski definition) is 0. The highest BCUT2D eigenvalue weighted by molar-refractivity contribution is 5.97. The van der Waals surface area contributed by atoms with Crippen LogP contribution in [0.3, 0.4) is 0 Å². The highest BCUT2D eigenvalue weighted by atomic mass is 16.2. The third-order valence-corrected chi connectivity index (χ3v) is 6.00. The summed E-state index contributed by atoms with van der Waals surface area (Å²) in [6.07, 6.45) is 3.36. The third kappa shape index (κ3) is 3.04. The number of nitrogens with zero attached hydrogens (tertiary/aromatic N) is 4. The number of imidazole rings is 1. The van der Waals surface area contributed by atoms with Crippen LogP contribution in [0, 0.1) is 5.92 Å². The predicted octanol–water partition coefficient (Wildman–Crippen LogP) is 1.65. The van der Waals surface area contributed by atoms with E-state index >= 15 is 0 Å². The largest absolute Gasteiger partial charge is 0.336 e. The number of benzene rings is 1. The highest BCUT2D eigenvalue weighted by Crippen LogP contribution is 2.25. The molecule has 148 valence electrons. The van der Waals surface area contributed by atoms with Crippen molar-refractivity contribution < 1.29 is 9.59 Å². The number of fused-ring (bicyclic) bond motifs is 1. The first kappa shape index (κ1) is 18.5. The minimum absolute atomic E-state index is 0.0225. The third-order valence-electron chi connectivity index (χ3n) is 6.00. The number of likely N-dealkylation sites (tertiary alicyclic amines) is 1. The topological polar surface area (TPSA) is 67.6 Å². The quantitative estimate of drug-likeness (QED) is 0.811. The fourth-order valence-electron chi connectivity index (χ4n) is 4.38. The molecule has 7 nitrogen and oxygen atoms in total. The SMILES string of the molecule is CN(C(=O)C1CCN(C(=O)c2c3n(c(=O)n2C)CCCC3)C1)c1ccccc1. The summed E-state index contributed by atoms with van der Waals surface area (Å²) >= 11 is 0. The van der Waals surface area contributed by atoms with E-state index in [1.165, 1.54) is 4.57 Å². The molecule has 1 aromatic heterocycles. The molecule has 1 unspecified atom stereocenters. The van der Waals surface area contributed by atoms with E-state index in [4.69, 9.17) is 0 Å². The molecule has 0 saturated carbocycles. The van der Waals surface area contributed by atoms with Crippen LogP contribution in [0.15, 0.2) is 35.1 Å². The van der Waals surface area contributed by atoms with Gasteiger partial charge in [-0.15, -0.1) is 0 Å². The maximum Gasteiger partial charge on any atom is 0.328 e. The normalized spacial score (nSPS) is 18.8. The number of aromatic nitrogens is 2. The minimum Gasteiger partial charge on any atom is -0.336 e. The van der Waals surface area contributed by atoms with Gasteiger partial charge in [-0.05, 0) is 37.8 Å². The molecule has 28 heavy (non-hydrogen) atoms. The zero-order chi connectivity index (χ0) is 19.8. The number of hydrogen-bond acceptors (Lipinski definition) is 3. The Morgan fingerprint density at radius 3 is 2.61 bits per heavy atom. The van der Waals surface area contributed by atoms with Gasteiger partial charge in [-0.3, -0.25) is 18.7 Å². The molecule has 0 bridgehead atoms. The van der Waals surface area contributed by atoms with Gasteiger partial charge in [0.25, 0.3) is 5.91 Å². The van der Waals surface area contributed by atoms with E-state index in [1.54, 1.807) is 28.5 Å². The molecule has 0 aliphatic carbocycles. The van der Waals surface area contributed by atoms with Crippen molar-refractivity contribution in [2.45, 2.75) is 32.2 Å². The fraction of sp³-hybridized carbons (Fsp3) is 0.476. The van der Waals surface area contributed by atoms with Crippen molar-refractivity contribution in [3.05, 3.63) is 52.2 Å². The number of rotatable bonds is 3. The van der Waals surface area contributed by atoms with Gasteiger partial charge in [-0.1, -0.05) is 18.2 Å². The molecule has 2 amide bonds. The Labute approximate surface area is 164 Å². The highest BCUT2D eigenvalue weighted by Gasteiger charge is 2.36. The van der Waals surface area contributed by atoms with Crippen LogP contribution in [0.25, 0.3) is 0 Å². The van der Waals surface area contributed by atoms with E-state index in [1.807, 2.05) is 30.3 Å². The maximum absolute atomic E-state index is 13.2. The summed E-state index contributed by atoms with van der Waals surface area (Å²) in [6, 6.07) is 9.53. The Morgan fingerprint density at radius 1 is 1.11 bits per heavy atom. The van der Waals surface area contributed by atoms with E-state index in [0.717, 1.165) is 30.6 Å². The van der Waals surface area contributed by atoms with Crippen molar-refractivity contribution in [1.82, 2.24) is 14.0 Å². The first-order valence-corrected chi connectivity index (χ1v) is 9.89. The molecule has 1 fully saturated rings. The van der Waals surface area contributed by atoms with E-state index in [-0.39, 0.29) is 23.4 Å². The lowest BCUT2D eigenvalue weighted by molar-refractivity contribution is -0.121. The van der Waals surface area contributed by atoms with Crippen molar-refractivity contribution in [2.75, 3.05) is 25.0 Å². The molecule has 2 aromatic rings. The van der Waals surface area contributed by atoms with Crippen LogP contribution in [0.5, 0.6) is 0 Å². The molecule has 1 saturated heterocycles. The Hall–Kier alpha value is -2.83. The molecule has 1 atom stereocenters. The summed E-state index contributed by atoms with van der Waals surface area (Å²) in [7, 11) is 3.44. The summed E-state index contributed by atoms with van der Waals surface area (Å²) in [5, 5.41) is 0. The zero-order valence-corrected chi connectivity index (χ0v) is 16.4. The summed E-state index contributed by atoms with van der Waals surface area (Å²) in [5.74, 6) is -0.327. The van der Waals surface area contributed by atoms with Crippen LogP contribution in [0.2, 0.25) is 0 Å². The Balaban J connectivity index is 1.51. The van der Waals surface area contributed by atoms with Crippen LogP contribution < -0.4 is 10.6 Å². The van der Waals surface area contributed by atoms with Crippen LogP contribution in [-0.4, -0.2) is 46.0 Å². The summed E-state index contributed by atoms with van der Waals surface area (Å²) in [6.45, 7) is 1.61. The van der Waals surface area contributed by atoms with Crippen LogP contribution >= 0.6 is 0 Å². The lowest BCUT2D eigenvalue weighted by Crippen LogP contribution is -2.36. The van der Waals surface area contributed by atoms with E-state index in [9.17, 15) is 14.4 Å². The van der Waals surface area contributed by atoms with Gasteiger partial charge in [0.2, 0.25) is 5.91 Å². The van der Waals surface area contributed by atoms with Crippen LogP contribution in [0.1, 0.15) is 35.4 Å². The molecule has 7 heteroatoms. The monoisotopic (exact) mass is 382 g/mol. The van der Waals surface area contributed by atoms with Gasteiger partial charge in [-0.25, -0.2) is 4.79 Å². The molecule has 0 radical (unpaired) electrons. The summed E-state index contributed by atoms with van der Waals surface area (Å²) < 4.78 is 3.22. The van der Waals surface area contributed by atoms with Crippen molar-refractivity contribution in [3.8, 4) is 0 Å². The van der Waals surface area contributed by atoms with Gasteiger partial charge in [0.15, 0.2) is 0 Å². The number of anilines is 1. The Kier molecular flexibility index (Phi) is 4.83. The van der Waals surface area contributed by atoms with Gasteiger partial charge < -0.3 is 9.80 Å². The molecule has 2 aliphatic rings. The Bertz CT molecular complexity index is 960. The number of carbonyl (C=O) groups excluding carboxylic acids is 2. The van der Waals surface area contributed by atoms with Crippen molar-refractivity contribution in [1.29, 1.82) is 0 Å². The smallest absolute Gasteiger partial charge is 0.328 e. The van der Waals surface area contributed by atoms with E-state index in [0.29, 0.717) is 31.7 Å². The van der Waals surface area contributed by atoms with E-state index < -0.39 is 0 Å². The Morgan fingerprint density at radius 2 is 1.86 bits per heavy atom. The average molecular weight is 382 g/mol. The molecule has 3 heterocycles. The predicted molar refractivity (Wildman–Crippen MR) is 106 cm³/mol. The standard InChI is InChI=1S/C21H26N4O3/c1-22(16-8-4-3-5-9-16)19(26)15-11-13-24(14-15)20(27)18-17-10-6-7-12-25(17)21(28)23(18)2/h3-5,8-9,15H,6-7,10-14H2,1-2H3. The molecule has 0 N–H and O–H groups in total. The van der Waals surface area contributed by atoms with Crippen molar-refractivity contribution in [3.63, 3.8) is 0 Å². The first-order chi connectivity index (χ1) is 13.5. The van der Waals surface area contributed by atoms with Crippen LogP contribution in [0.4, 0.5) is 5.69 Å². The zero-order valence-electron chi connectivity index (χ0n) is 16.4. The van der Waals surface area contributed by atoms with Crippen molar-refractivity contribution in [2.24, 2.45) is 13.0 Å². The molecular weight excluding hydrogens is 356 g/mol. The number of para-hydroxylation sites is 1. The maximum atomic E-state index is 13.2. The lowest BCUT2D eigenvalue weighted by atomic mass is 10.1. The van der Waals surface area contributed by atoms with Gasteiger partial charge in [0.1, 0.15) is 5.69 Å². The second-order valence-corrected chi connectivity index (χ2v) is 7.72. The summed E-state index contributed by atoms with van der Waals surface area (Å²) in [4.78, 5) is 41.9. The molecule has 0 spiro atoms. The fourth-order valence-corrected chi connectivity index (χ4v) is 4.38. The average Bonchev–Trinajstić information content (AvgIpc) is 3.32. The van der Waals surface area contributed by atoms with Gasteiger partial charge in [-0.2, -0.15) is 0 Å². The number of amides is 2. The lowest BCUT2D eigenvalue weighted by Gasteiger charge is -2.22. The van der Waals surface area contributed by atoms with Gasteiger partial charge >= 0.3 is 5.69 Å². The number of carbonyl (C=O) groups is 2. The second kappa shape index (κ2) is 7.30. The molecule has 4 rings (SSSR count).